The van der Waals surface area contributed by atoms with Gasteiger partial charge in [-0.05, 0) is 37.5 Å². The third-order valence-electron chi connectivity index (χ3n) is 4.02. The van der Waals surface area contributed by atoms with Crippen molar-refractivity contribution in [3.05, 3.63) is 65.2 Å². The van der Waals surface area contributed by atoms with Gasteiger partial charge < -0.3 is 9.74 Å². The van der Waals surface area contributed by atoms with Crippen LogP contribution in [0.3, 0.4) is 0 Å². The summed E-state index contributed by atoms with van der Waals surface area (Å²) < 4.78 is 0. The number of anilines is 1. The molecule has 1 aliphatic heterocycles. The summed E-state index contributed by atoms with van der Waals surface area (Å²) in [7, 11) is 0. The van der Waals surface area contributed by atoms with Gasteiger partial charge in [-0.25, -0.2) is 0 Å². The van der Waals surface area contributed by atoms with Crippen molar-refractivity contribution in [3.63, 3.8) is 0 Å². The lowest BCUT2D eigenvalue weighted by atomic mass is 10.1. The summed E-state index contributed by atoms with van der Waals surface area (Å²) in [6.07, 6.45) is 2.50. The molecule has 2 aromatic carbocycles. The molecule has 0 N–H and O–H groups in total. The summed E-state index contributed by atoms with van der Waals surface area (Å²) in [6.45, 7) is 4.03. The highest BCUT2D eigenvalue weighted by atomic mass is 16.6. The van der Waals surface area contributed by atoms with Crippen LogP contribution in [0.4, 0.5) is 5.69 Å². The van der Waals surface area contributed by atoms with Gasteiger partial charge in [-0.3, -0.25) is 4.79 Å². The molecule has 118 valence electrons. The van der Waals surface area contributed by atoms with Gasteiger partial charge in [-0.1, -0.05) is 53.2 Å². The van der Waals surface area contributed by atoms with Crippen LogP contribution in [0, 0.1) is 6.92 Å². The highest BCUT2D eigenvalue weighted by Crippen LogP contribution is 2.31. The number of carbonyl (C=O) groups excluding carboxylic acids is 1. The van der Waals surface area contributed by atoms with E-state index in [1.54, 1.807) is 11.1 Å². The summed E-state index contributed by atoms with van der Waals surface area (Å²) >= 11 is 0. The molecule has 3 rings (SSSR count). The van der Waals surface area contributed by atoms with Gasteiger partial charge in [0, 0.05) is 11.7 Å². The first kappa shape index (κ1) is 15.3. The molecule has 0 unspecified atom stereocenters. The number of aryl methyl sites for hydroxylation is 1. The number of fused-ring (bicyclic) bond motifs is 1. The molecule has 0 saturated carbocycles. The van der Waals surface area contributed by atoms with E-state index in [0.717, 1.165) is 17.7 Å². The number of amides is 1. The zero-order valence-corrected chi connectivity index (χ0v) is 13.4. The lowest BCUT2D eigenvalue weighted by molar-refractivity contribution is -0.123. The van der Waals surface area contributed by atoms with Crippen LogP contribution < -0.4 is 4.90 Å². The zero-order valence-electron chi connectivity index (χ0n) is 13.4. The fraction of sp³-hybridized carbons (Fsp3) is 0.263. The van der Waals surface area contributed by atoms with Crippen molar-refractivity contribution in [3.8, 4) is 0 Å². The molecule has 1 aliphatic rings. The summed E-state index contributed by atoms with van der Waals surface area (Å²) in [6, 6.07) is 16.1. The van der Waals surface area contributed by atoms with E-state index in [1.807, 2.05) is 56.3 Å². The molecule has 1 atom stereocenters. The number of nitrogens with zero attached hydrogens (tertiary/aromatic N) is 2. The van der Waals surface area contributed by atoms with E-state index < -0.39 is 0 Å². The van der Waals surface area contributed by atoms with Crippen LogP contribution in [-0.2, 0) is 16.1 Å². The van der Waals surface area contributed by atoms with Gasteiger partial charge in [0.2, 0.25) is 0 Å². The maximum atomic E-state index is 12.4. The number of hydrogen-bond donors (Lipinski definition) is 0. The smallest absolute Gasteiger partial charge is 0.268 e. The van der Waals surface area contributed by atoms with Crippen molar-refractivity contribution >= 4 is 17.8 Å². The van der Waals surface area contributed by atoms with Gasteiger partial charge in [-0.2, -0.15) is 0 Å². The molecule has 0 spiro atoms. The molecule has 0 radical (unpaired) electrons. The first-order valence-corrected chi connectivity index (χ1v) is 7.77. The predicted molar refractivity (Wildman–Crippen MR) is 91.8 cm³/mol. The lowest BCUT2D eigenvalue weighted by Crippen LogP contribution is -2.37. The van der Waals surface area contributed by atoms with Crippen molar-refractivity contribution in [2.24, 2.45) is 5.16 Å². The van der Waals surface area contributed by atoms with Crippen molar-refractivity contribution in [2.45, 2.75) is 26.3 Å². The number of carbonyl (C=O) groups is 1. The average molecular weight is 308 g/mol. The Bertz CT molecular complexity index is 722. The second kappa shape index (κ2) is 6.65. The van der Waals surface area contributed by atoms with E-state index in [1.165, 1.54) is 11.1 Å². The molecule has 1 amide bonds. The third-order valence-corrected chi connectivity index (χ3v) is 4.02. The molecule has 0 fully saturated rings. The van der Waals surface area contributed by atoms with Gasteiger partial charge >= 0.3 is 0 Å². The molecule has 0 aromatic heterocycles. The minimum atomic E-state index is -0.0662. The van der Waals surface area contributed by atoms with E-state index in [9.17, 15) is 4.79 Å². The maximum Gasteiger partial charge on any atom is 0.268 e. The molecule has 0 aliphatic carbocycles. The molecule has 0 bridgehead atoms. The molecular weight excluding hydrogens is 288 g/mol. The van der Waals surface area contributed by atoms with Crippen molar-refractivity contribution in [1.29, 1.82) is 0 Å². The van der Waals surface area contributed by atoms with E-state index in [-0.39, 0.29) is 18.6 Å². The molecule has 1 heterocycles. The van der Waals surface area contributed by atoms with Gasteiger partial charge in [0.1, 0.15) is 0 Å². The highest BCUT2D eigenvalue weighted by molar-refractivity contribution is 5.97. The molecule has 4 heteroatoms. The highest BCUT2D eigenvalue weighted by Gasteiger charge is 2.30. The fourth-order valence-electron chi connectivity index (χ4n) is 2.86. The fourth-order valence-corrected chi connectivity index (χ4v) is 2.86. The molecule has 0 saturated heterocycles. The van der Waals surface area contributed by atoms with Gasteiger partial charge in [0.15, 0.2) is 6.61 Å². The largest absolute Gasteiger partial charge is 0.386 e. The summed E-state index contributed by atoms with van der Waals surface area (Å²) in [5, 5.41) is 3.89. The normalized spacial score (nSPS) is 16.6. The van der Waals surface area contributed by atoms with E-state index in [4.69, 9.17) is 4.84 Å². The Balaban J connectivity index is 1.58. The maximum absolute atomic E-state index is 12.4. The zero-order chi connectivity index (χ0) is 16.2. The molecule has 4 nitrogen and oxygen atoms in total. The number of oxime groups is 1. The second-order valence-corrected chi connectivity index (χ2v) is 5.86. The number of hydrogen-bond acceptors (Lipinski definition) is 3. The molecule has 2 aromatic rings. The van der Waals surface area contributed by atoms with E-state index in [0.29, 0.717) is 0 Å². The number of rotatable bonds is 4. The minimum absolute atomic E-state index is 0.0545. The van der Waals surface area contributed by atoms with Crippen LogP contribution in [0.25, 0.3) is 0 Å². The quantitative estimate of drug-likeness (QED) is 0.642. The standard InChI is InChI=1S/C19H20N2O2/c1-14-7-9-16(10-8-14)12-20-23-13-19(22)21-15(2)11-17-5-3-4-6-18(17)21/h3-10,12,15H,11,13H2,1-2H3/b20-12-/t15-/m1/s1. The first-order chi connectivity index (χ1) is 11.1. The van der Waals surface area contributed by atoms with Crippen LogP contribution in [0.1, 0.15) is 23.6 Å². The number of para-hydroxylation sites is 1. The monoisotopic (exact) mass is 308 g/mol. The lowest BCUT2D eigenvalue weighted by Gasteiger charge is -2.21. The molecule has 23 heavy (non-hydrogen) atoms. The minimum Gasteiger partial charge on any atom is -0.386 e. The topological polar surface area (TPSA) is 41.9 Å². The average Bonchev–Trinajstić information content (AvgIpc) is 2.89. The van der Waals surface area contributed by atoms with Crippen LogP contribution >= 0.6 is 0 Å². The Kier molecular flexibility index (Phi) is 4.42. The summed E-state index contributed by atoms with van der Waals surface area (Å²) in [5.74, 6) is -0.0662. The second-order valence-electron chi connectivity index (χ2n) is 5.86. The van der Waals surface area contributed by atoms with Gasteiger partial charge in [0.05, 0.1) is 6.21 Å². The Labute approximate surface area is 136 Å². The van der Waals surface area contributed by atoms with Crippen molar-refractivity contribution in [1.82, 2.24) is 0 Å². The van der Waals surface area contributed by atoms with Crippen molar-refractivity contribution in [2.75, 3.05) is 11.5 Å². The van der Waals surface area contributed by atoms with E-state index in [2.05, 4.69) is 11.2 Å². The summed E-state index contributed by atoms with van der Waals surface area (Å²) in [5.41, 5.74) is 4.33. The summed E-state index contributed by atoms with van der Waals surface area (Å²) in [4.78, 5) is 19.4. The van der Waals surface area contributed by atoms with E-state index >= 15 is 0 Å². The number of benzene rings is 2. The van der Waals surface area contributed by atoms with Gasteiger partial charge in [0.25, 0.3) is 5.91 Å². The Morgan fingerprint density at radius 3 is 2.78 bits per heavy atom. The van der Waals surface area contributed by atoms with Crippen molar-refractivity contribution < 1.29 is 9.63 Å². The third kappa shape index (κ3) is 3.42. The predicted octanol–water partition coefficient (Wildman–Crippen LogP) is 3.32. The molecular formula is C19H20N2O2. The Morgan fingerprint density at radius 1 is 1.26 bits per heavy atom. The first-order valence-electron chi connectivity index (χ1n) is 7.77. The van der Waals surface area contributed by atoms with Crippen LogP contribution in [0.2, 0.25) is 0 Å². The van der Waals surface area contributed by atoms with Crippen LogP contribution in [0.5, 0.6) is 0 Å². The van der Waals surface area contributed by atoms with Gasteiger partial charge in [-0.15, -0.1) is 0 Å². The Morgan fingerprint density at radius 2 is 2.00 bits per heavy atom. The van der Waals surface area contributed by atoms with Crippen LogP contribution in [0.15, 0.2) is 53.7 Å². The SMILES string of the molecule is Cc1ccc(/C=N\OCC(=O)N2c3ccccc3C[C@H]2C)cc1. The van der Waals surface area contributed by atoms with Crippen LogP contribution in [-0.4, -0.2) is 24.8 Å². The Hall–Kier alpha value is -2.62.